The summed E-state index contributed by atoms with van der Waals surface area (Å²) in [5.41, 5.74) is 1.69. The van der Waals surface area contributed by atoms with E-state index in [1.54, 1.807) is 6.07 Å². The van der Waals surface area contributed by atoms with E-state index in [0.717, 1.165) is 5.56 Å². The molecule has 0 fully saturated rings. The number of carbonyl (C=O) groups excluding carboxylic acids is 1. The van der Waals surface area contributed by atoms with Gasteiger partial charge >= 0.3 is 14.2 Å². The summed E-state index contributed by atoms with van der Waals surface area (Å²) < 4.78 is 23.4. The largest absolute Gasteiger partial charge is 0.459 e. The van der Waals surface area contributed by atoms with Crippen LogP contribution in [-0.2, 0) is 13.0 Å². The average molecular weight is 313 g/mol. The van der Waals surface area contributed by atoms with Crippen molar-refractivity contribution in [3.8, 4) is 0 Å². The summed E-state index contributed by atoms with van der Waals surface area (Å²) in [6, 6.07) is 7.39. The molecule has 0 saturated heterocycles. The Labute approximate surface area is 116 Å². The molecule has 0 amide bonds. The molecule has 0 bridgehead atoms. The van der Waals surface area contributed by atoms with Gasteiger partial charge in [0.15, 0.2) is 0 Å². The average Bonchev–Trinajstić information content (AvgIpc) is 2.13. The van der Waals surface area contributed by atoms with Gasteiger partial charge in [0.2, 0.25) is 0 Å². The predicted octanol–water partition coefficient (Wildman–Crippen LogP) is 3.27. The summed E-state index contributed by atoms with van der Waals surface area (Å²) >= 11 is 0. The summed E-state index contributed by atoms with van der Waals surface area (Å²) in [5.74, 6) is -0.251. The van der Waals surface area contributed by atoms with Crippen molar-refractivity contribution >= 4 is 35.6 Å². The molecule has 0 saturated carbocycles. The molecule has 4 nitrogen and oxygen atoms in total. The van der Waals surface area contributed by atoms with Crippen LogP contribution in [0.2, 0.25) is 0 Å². The second-order valence-corrected chi connectivity index (χ2v) is 7.37. The number of hydrogen-bond donors (Lipinski definition) is 0. The second kappa shape index (κ2) is 7.61. The summed E-state index contributed by atoms with van der Waals surface area (Å²) in [6.45, 7) is 5.63. The Balaban J connectivity index is 0.000000494. The van der Waals surface area contributed by atoms with E-state index < -0.39 is 8.26 Å². The molecule has 0 unspecified atom stereocenters. The number of rotatable bonds is 2. The zero-order valence-electron chi connectivity index (χ0n) is 10.2. The fraction of sp³-hybridized carbons (Fsp3) is 0.364. The summed E-state index contributed by atoms with van der Waals surface area (Å²) in [6.07, 6.45) is -0.0620. The normalized spacial score (nSPS) is 10.6. The quantitative estimate of drug-likeness (QED) is 0.621. The van der Waals surface area contributed by atoms with Gasteiger partial charge in [0.1, 0.15) is 0 Å². The highest BCUT2D eigenvalue weighted by atomic mass is 36.0. The van der Waals surface area contributed by atoms with Gasteiger partial charge in [0.25, 0.3) is 0 Å². The SMILES string of the molecule is Cc1cccc(C(=O)OC(C)C)c1.O=S(=O)(Cl)Cl. The number of esters is 1. The molecule has 0 radical (unpaired) electrons. The molecule has 0 aliphatic heterocycles. The van der Waals surface area contributed by atoms with Crippen LogP contribution in [0, 0.1) is 6.92 Å². The minimum atomic E-state index is -3.72. The van der Waals surface area contributed by atoms with Crippen LogP contribution < -0.4 is 0 Å². The van der Waals surface area contributed by atoms with E-state index in [9.17, 15) is 4.79 Å². The summed E-state index contributed by atoms with van der Waals surface area (Å²) in [7, 11) is 4.81. The maximum atomic E-state index is 11.4. The standard InChI is InChI=1S/C11H14O2.Cl2O2S/c1-8(2)13-11(12)10-6-4-5-9(3)7-10;1-5(2,3)4/h4-8H,1-3H3;. The van der Waals surface area contributed by atoms with Gasteiger partial charge in [0, 0.05) is 21.4 Å². The first kappa shape index (κ1) is 17.2. The molecule has 0 spiro atoms. The van der Waals surface area contributed by atoms with Crippen molar-refractivity contribution in [3.63, 3.8) is 0 Å². The van der Waals surface area contributed by atoms with Crippen LogP contribution in [0.1, 0.15) is 29.8 Å². The van der Waals surface area contributed by atoms with Crippen LogP contribution in [0.15, 0.2) is 24.3 Å². The molecule has 0 aliphatic rings. The van der Waals surface area contributed by atoms with Gasteiger partial charge in [-0.2, -0.15) is 8.42 Å². The van der Waals surface area contributed by atoms with Crippen molar-refractivity contribution in [2.45, 2.75) is 26.9 Å². The van der Waals surface area contributed by atoms with Gasteiger partial charge in [0.05, 0.1) is 11.7 Å². The fourth-order valence-electron chi connectivity index (χ4n) is 1.05. The van der Waals surface area contributed by atoms with Crippen LogP contribution in [-0.4, -0.2) is 20.5 Å². The molecule has 1 rings (SSSR count). The lowest BCUT2D eigenvalue weighted by Gasteiger charge is -2.07. The lowest BCUT2D eigenvalue weighted by atomic mass is 10.1. The molecule has 1 aromatic rings. The third-order valence-electron chi connectivity index (χ3n) is 1.60. The molecular formula is C11H14Cl2O4S. The number of benzene rings is 1. The third kappa shape index (κ3) is 10.4. The van der Waals surface area contributed by atoms with E-state index >= 15 is 0 Å². The molecule has 18 heavy (non-hydrogen) atoms. The van der Waals surface area contributed by atoms with E-state index in [0.29, 0.717) is 5.56 Å². The Morgan fingerprint density at radius 1 is 1.28 bits per heavy atom. The van der Waals surface area contributed by atoms with Crippen molar-refractivity contribution < 1.29 is 17.9 Å². The minimum Gasteiger partial charge on any atom is -0.459 e. The summed E-state index contributed by atoms with van der Waals surface area (Å²) in [5, 5.41) is 0. The number of aryl methyl sites for hydroxylation is 1. The molecule has 0 aromatic heterocycles. The van der Waals surface area contributed by atoms with Crippen molar-refractivity contribution in [1.82, 2.24) is 0 Å². The van der Waals surface area contributed by atoms with Crippen LogP contribution in [0.4, 0.5) is 0 Å². The number of carbonyl (C=O) groups is 1. The first-order valence-corrected chi connectivity index (χ1v) is 8.15. The number of ether oxygens (including phenoxy) is 1. The van der Waals surface area contributed by atoms with Crippen LogP contribution in [0.5, 0.6) is 0 Å². The van der Waals surface area contributed by atoms with Crippen molar-refractivity contribution in [2.75, 3.05) is 0 Å². The van der Waals surface area contributed by atoms with Crippen LogP contribution in [0.25, 0.3) is 0 Å². The smallest absolute Gasteiger partial charge is 0.338 e. The minimum absolute atomic E-state index is 0.0620. The van der Waals surface area contributed by atoms with Gasteiger partial charge in [-0.1, -0.05) is 17.7 Å². The van der Waals surface area contributed by atoms with Gasteiger partial charge < -0.3 is 4.74 Å². The molecule has 0 heterocycles. The highest BCUT2D eigenvalue weighted by Crippen LogP contribution is 2.06. The van der Waals surface area contributed by atoms with E-state index in [1.807, 2.05) is 39.0 Å². The topological polar surface area (TPSA) is 60.4 Å². The van der Waals surface area contributed by atoms with Crippen LogP contribution in [0.3, 0.4) is 0 Å². The first-order chi connectivity index (χ1) is 8.09. The number of halogens is 2. The summed E-state index contributed by atoms with van der Waals surface area (Å²) in [4.78, 5) is 11.4. The monoisotopic (exact) mass is 312 g/mol. The Morgan fingerprint density at radius 2 is 1.78 bits per heavy atom. The predicted molar refractivity (Wildman–Crippen MR) is 72.4 cm³/mol. The van der Waals surface area contributed by atoms with Gasteiger partial charge in [-0.15, -0.1) is 0 Å². The van der Waals surface area contributed by atoms with Crippen molar-refractivity contribution in [1.29, 1.82) is 0 Å². The van der Waals surface area contributed by atoms with Gasteiger partial charge in [-0.25, -0.2) is 4.79 Å². The van der Waals surface area contributed by atoms with E-state index in [-0.39, 0.29) is 12.1 Å². The van der Waals surface area contributed by atoms with Gasteiger partial charge in [-0.05, 0) is 32.9 Å². The van der Waals surface area contributed by atoms with Crippen LogP contribution >= 0.6 is 21.4 Å². The zero-order valence-corrected chi connectivity index (χ0v) is 12.5. The van der Waals surface area contributed by atoms with Gasteiger partial charge in [-0.3, -0.25) is 0 Å². The highest BCUT2D eigenvalue weighted by Gasteiger charge is 2.07. The fourth-order valence-corrected chi connectivity index (χ4v) is 1.05. The highest BCUT2D eigenvalue weighted by molar-refractivity contribution is 8.31. The molecule has 0 aliphatic carbocycles. The number of hydrogen-bond acceptors (Lipinski definition) is 4. The lowest BCUT2D eigenvalue weighted by molar-refractivity contribution is 0.0378. The van der Waals surface area contributed by atoms with E-state index in [2.05, 4.69) is 21.4 Å². The zero-order chi connectivity index (χ0) is 14.3. The molecule has 0 atom stereocenters. The first-order valence-electron chi connectivity index (χ1n) is 5.01. The Hall–Kier alpha value is -0.780. The maximum absolute atomic E-state index is 11.4. The van der Waals surface area contributed by atoms with Crippen molar-refractivity contribution in [2.24, 2.45) is 0 Å². The Kier molecular flexibility index (Phi) is 7.28. The Bertz CT molecular complexity index is 490. The molecule has 102 valence electrons. The van der Waals surface area contributed by atoms with Crippen molar-refractivity contribution in [3.05, 3.63) is 35.4 Å². The maximum Gasteiger partial charge on any atom is 0.338 e. The van der Waals surface area contributed by atoms with E-state index in [1.165, 1.54) is 0 Å². The third-order valence-corrected chi connectivity index (χ3v) is 1.60. The molecule has 7 heteroatoms. The van der Waals surface area contributed by atoms with E-state index in [4.69, 9.17) is 13.2 Å². The lowest BCUT2D eigenvalue weighted by Crippen LogP contribution is -2.11. The molecule has 1 aromatic carbocycles. The molecule has 0 N–H and O–H groups in total. The molecular weight excluding hydrogens is 299 g/mol. The Morgan fingerprint density at radius 3 is 2.17 bits per heavy atom. The second-order valence-electron chi connectivity index (χ2n) is 3.70.